The van der Waals surface area contributed by atoms with Crippen LogP contribution in [-0.2, 0) is 10.5 Å². The average Bonchev–Trinajstić information content (AvgIpc) is 2.94. The van der Waals surface area contributed by atoms with Gasteiger partial charge in [0.25, 0.3) is 0 Å². The van der Waals surface area contributed by atoms with Gasteiger partial charge < -0.3 is 10.2 Å². The number of thiophene rings is 1. The number of fused-ring (bicyclic) bond motifs is 1. The van der Waals surface area contributed by atoms with Crippen LogP contribution in [0.4, 0.5) is 5.82 Å². The zero-order valence-electron chi connectivity index (χ0n) is 15.4. The third kappa shape index (κ3) is 3.99. The van der Waals surface area contributed by atoms with Crippen molar-refractivity contribution in [3.63, 3.8) is 0 Å². The molecule has 1 aromatic carbocycles. The minimum Gasteiger partial charge on any atom is -0.358 e. The average molecular weight is 387 g/mol. The number of carbonyl (C=O) groups excluding carboxylic acids is 1. The number of nitrogens with zero attached hydrogens (tertiary/aromatic N) is 3. The first-order valence-corrected chi connectivity index (χ1v) is 10.2. The second-order valence-corrected chi connectivity index (χ2v) is 8.31. The Morgan fingerprint density at radius 3 is 2.65 bits per heavy atom. The molecule has 0 aliphatic rings. The molecular formula is C19H22N4OS2. The third-order valence-electron chi connectivity index (χ3n) is 4.19. The maximum Gasteiger partial charge on any atom is 0.239 e. The SMILES string of the molecule is CNC(=O)CN(C)c1nc(CSc2ccccc2)nc2sc(C)c(C)c12. The number of likely N-dealkylation sites (N-methyl/N-ethyl adjacent to an activating group) is 2. The Bertz CT molecular complexity index is 924. The maximum absolute atomic E-state index is 11.8. The summed E-state index contributed by atoms with van der Waals surface area (Å²) < 4.78 is 0. The first kappa shape index (κ1) is 18.7. The molecule has 7 heteroatoms. The van der Waals surface area contributed by atoms with Crippen LogP contribution in [0.15, 0.2) is 35.2 Å². The van der Waals surface area contributed by atoms with Crippen molar-refractivity contribution >= 4 is 45.0 Å². The smallest absolute Gasteiger partial charge is 0.239 e. The van der Waals surface area contributed by atoms with E-state index in [0.717, 1.165) is 21.9 Å². The van der Waals surface area contributed by atoms with Crippen LogP contribution in [0.3, 0.4) is 0 Å². The summed E-state index contributed by atoms with van der Waals surface area (Å²) in [5.74, 6) is 2.26. The van der Waals surface area contributed by atoms with Crippen LogP contribution in [0.25, 0.3) is 10.2 Å². The molecule has 136 valence electrons. The summed E-state index contributed by atoms with van der Waals surface area (Å²) in [6.45, 7) is 4.46. The molecule has 0 aliphatic carbocycles. The second kappa shape index (κ2) is 8.05. The Morgan fingerprint density at radius 1 is 1.23 bits per heavy atom. The van der Waals surface area contributed by atoms with Gasteiger partial charge in [0.05, 0.1) is 17.7 Å². The van der Waals surface area contributed by atoms with E-state index in [1.807, 2.05) is 30.1 Å². The standard InChI is InChI=1S/C19H22N4OS2/c1-12-13(2)26-19-17(12)18(23(4)10-16(24)20-3)21-15(22-19)11-25-14-8-6-5-7-9-14/h5-9H,10-11H2,1-4H3,(H,20,24). The highest BCUT2D eigenvalue weighted by Gasteiger charge is 2.18. The Hall–Kier alpha value is -2.12. The number of carbonyl (C=O) groups is 1. The number of nitrogens with one attached hydrogen (secondary N) is 1. The van der Waals surface area contributed by atoms with Crippen molar-refractivity contribution in [3.05, 3.63) is 46.6 Å². The first-order chi connectivity index (χ1) is 12.5. The number of aryl methyl sites for hydroxylation is 2. The van der Waals surface area contributed by atoms with Crippen LogP contribution in [-0.4, -0.2) is 36.5 Å². The van der Waals surface area contributed by atoms with Crippen LogP contribution < -0.4 is 10.2 Å². The monoisotopic (exact) mass is 386 g/mol. The molecule has 0 atom stereocenters. The number of hydrogen-bond donors (Lipinski definition) is 1. The predicted octanol–water partition coefficient (Wildman–Crippen LogP) is 3.78. The Balaban J connectivity index is 1.96. The minimum absolute atomic E-state index is 0.0379. The van der Waals surface area contributed by atoms with Gasteiger partial charge in [0.15, 0.2) is 0 Å². The molecular weight excluding hydrogens is 364 g/mol. The molecule has 0 radical (unpaired) electrons. The molecule has 0 saturated heterocycles. The Labute approximate surface area is 161 Å². The molecule has 26 heavy (non-hydrogen) atoms. The fraction of sp³-hybridized carbons (Fsp3) is 0.316. The van der Waals surface area contributed by atoms with Gasteiger partial charge in [0.1, 0.15) is 16.5 Å². The summed E-state index contributed by atoms with van der Waals surface area (Å²) in [5, 5.41) is 3.72. The van der Waals surface area contributed by atoms with E-state index in [4.69, 9.17) is 9.97 Å². The van der Waals surface area contributed by atoms with Gasteiger partial charge in [0, 0.05) is 23.9 Å². The van der Waals surface area contributed by atoms with Gasteiger partial charge in [-0.15, -0.1) is 23.1 Å². The van der Waals surface area contributed by atoms with E-state index in [-0.39, 0.29) is 12.5 Å². The van der Waals surface area contributed by atoms with E-state index in [9.17, 15) is 4.79 Å². The normalized spacial score (nSPS) is 10.9. The van der Waals surface area contributed by atoms with Crippen LogP contribution in [0.5, 0.6) is 0 Å². The van der Waals surface area contributed by atoms with Gasteiger partial charge in [-0.2, -0.15) is 0 Å². The van der Waals surface area contributed by atoms with Crippen molar-refractivity contribution in [2.24, 2.45) is 0 Å². The van der Waals surface area contributed by atoms with Crippen molar-refractivity contribution in [2.75, 3.05) is 25.5 Å². The van der Waals surface area contributed by atoms with Gasteiger partial charge in [-0.1, -0.05) is 18.2 Å². The number of aromatic nitrogens is 2. The van der Waals surface area contributed by atoms with Crippen molar-refractivity contribution < 1.29 is 4.79 Å². The molecule has 0 aliphatic heterocycles. The van der Waals surface area contributed by atoms with Crippen molar-refractivity contribution in [1.29, 1.82) is 0 Å². The lowest BCUT2D eigenvalue weighted by Crippen LogP contribution is -2.33. The lowest BCUT2D eigenvalue weighted by molar-refractivity contribution is -0.119. The van der Waals surface area contributed by atoms with Crippen molar-refractivity contribution in [2.45, 2.75) is 24.5 Å². The van der Waals surface area contributed by atoms with E-state index >= 15 is 0 Å². The van der Waals surface area contributed by atoms with Gasteiger partial charge in [-0.25, -0.2) is 9.97 Å². The molecule has 2 aromatic heterocycles. The van der Waals surface area contributed by atoms with E-state index in [1.165, 1.54) is 15.3 Å². The number of hydrogen-bond acceptors (Lipinski definition) is 6. The predicted molar refractivity (Wildman–Crippen MR) is 110 cm³/mol. The van der Waals surface area contributed by atoms with Gasteiger partial charge in [0.2, 0.25) is 5.91 Å². The Kier molecular flexibility index (Phi) is 5.78. The summed E-state index contributed by atoms with van der Waals surface area (Å²) in [6.07, 6.45) is 0. The van der Waals surface area contributed by atoms with Gasteiger partial charge in [-0.3, -0.25) is 4.79 Å². The molecule has 3 aromatic rings. The van der Waals surface area contributed by atoms with E-state index in [1.54, 1.807) is 30.1 Å². The van der Waals surface area contributed by atoms with Crippen LogP contribution in [0, 0.1) is 13.8 Å². The summed E-state index contributed by atoms with van der Waals surface area (Å²) in [5.41, 5.74) is 1.19. The first-order valence-electron chi connectivity index (χ1n) is 8.35. The summed E-state index contributed by atoms with van der Waals surface area (Å²) in [4.78, 5) is 26.7. The molecule has 1 amide bonds. The highest BCUT2D eigenvalue weighted by atomic mass is 32.2. The number of benzene rings is 1. The second-order valence-electron chi connectivity index (χ2n) is 6.06. The van der Waals surface area contributed by atoms with Crippen molar-refractivity contribution in [1.82, 2.24) is 15.3 Å². The molecule has 5 nitrogen and oxygen atoms in total. The minimum atomic E-state index is -0.0379. The molecule has 2 heterocycles. The van der Waals surface area contributed by atoms with E-state index < -0.39 is 0 Å². The number of anilines is 1. The summed E-state index contributed by atoms with van der Waals surface area (Å²) >= 11 is 3.40. The third-order valence-corrected chi connectivity index (χ3v) is 6.30. The van der Waals surface area contributed by atoms with Crippen LogP contribution in [0.2, 0.25) is 0 Å². The quantitative estimate of drug-likeness (QED) is 0.653. The topological polar surface area (TPSA) is 58.1 Å². The molecule has 0 unspecified atom stereocenters. The summed E-state index contributed by atoms with van der Waals surface area (Å²) in [7, 11) is 3.55. The van der Waals surface area contributed by atoms with Crippen LogP contribution >= 0.6 is 23.1 Å². The largest absolute Gasteiger partial charge is 0.358 e. The highest BCUT2D eigenvalue weighted by molar-refractivity contribution is 7.98. The highest BCUT2D eigenvalue weighted by Crippen LogP contribution is 2.35. The molecule has 0 fully saturated rings. The molecule has 3 rings (SSSR count). The maximum atomic E-state index is 11.8. The lowest BCUT2D eigenvalue weighted by atomic mass is 10.2. The van der Waals surface area contributed by atoms with Crippen molar-refractivity contribution in [3.8, 4) is 0 Å². The summed E-state index contributed by atoms with van der Waals surface area (Å²) in [6, 6.07) is 10.2. The molecule has 0 bridgehead atoms. The Morgan fingerprint density at radius 2 is 1.96 bits per heavy atom. The molecule has 0 saturated carbocycles. The number of thioether (sulfide) groups is 1. The zero-order chi connectivity index (χ0) is 18.7. The van der Waals surface area contributed by atoms with Gasteiger partial charge in [-0.05, 0) is 31.5 Å². The van der Waals surface area contributed by atoms with E-state index in [0.29, 0.717) is 5.75 Å². The fourth-order valence-electron chi connectivity index (χ4n) is 2.65. The van der Waals surface area contributed by atoms with E-state index in [2.05, 4.69) is 31.3 Å². The lowest BCUT2D eigenvalue weighted by Gasteiger charge is -2.19. The molecule has 0 spiro atoms. The number of amides is 1. The molecule has 1 N–H and O–H groups in total. The van der Waals surface area contributed by atoms with Crippen LogP contribution in [0.1, 0.15) is 16.3 Å². The zero-order valence-corrected chi connectivity index (χ0v) is 17.0. The number of rotatable bonds is 6. The fourth-order valence-corrected chi connectivity index (χ4v) is 4.46. The van der Waals surface area contributed by atoms with Gasteiger partial charge >= 0.3 is 0 Å².